The van der Waals surface area contributed by atoms with Crippen molar-refractivity contribution in [2.24, 2.45) is 0 Å². The van der Waals surface area contributed by atoms with Gasteiger partial charge in [-0.2, -0.15) is 0 Å². The standard InChI is InChI=1S/C10H27O4Si4/c1-9-10(2)15-11-16(3,4)13-18(7,8)14-17(5,6)12-15/h10H,9H2,1-8H3. The van der Waals surface area contributed by atoms with Gasteiger partial charge in [-0.25, -0.2) is 0 Å². The van der Waals surface area contributed by atoms with Crippen LogP contribution in [0.3, 0.4) is 0 Å². The fourth-order valence-corrected chi connectivity index (χ4v) is 19.6. The summed E-state index contributed by atoms with van der Waals surface area (Å²) >= 11 is 0. The molecule has 1 heterocycles. The lowest BCUT2D eigenvalue weighted by atomic mass is 10.4. The van der Waals surface area contributed by atoms with Gasteiger partial charge in [0.2, 0.25) is 0 Å². The maximum absolute atomic E-state index is 6.29. The third-order valence-corrected chi connectivity index (χ3v) is 17.3. The normalized spacial score (nSPS) is 29.3. The highest BCUT2D eigenvalue weighted by atomic mass is 28.5. The average molecular weight is 324 g/mol. The van der Waals surface area contributed by atoms with Gasteiger partial charge in [0.05, 0.1) is 0 Å². The summed E-state index contributed by atoms with van der Waals surface area (Å²) in [6.45, 7) is 16.9. The van der Waals surface area contributed by atoms with Crippen LogP contribution in [0, 0.1) is 0 Å². The Kier molecular flexibility index (Phi) is 5.22. The van der Waals surface area contributed by atoms with Crippen molar-refractivity contribution in [3.63, 3.8) is 0 Å². The minimum Gasteiger partial charge on any atom is -0.416 e. The van der Waals surface area contributed by atoms with Crippen molar-refractivity contribution < 1.29 is 16.5 Å². The summed E-state index contributed by atoms with van der Waals surface area (Å²) in [6.07, 6.45) is 1.07. The Labute approximate surface area is 117 Å². The van der Waals surface area contributed by atoms with Gasteiger partial charge in [-0.1, -0.05) is 20.3 Å². The molecule has 0 aromatic rings. The van der Waals surface area contributed by atoms with Crippen LogP contribution in [0.15, 0.2) is 0 Å². The maximum Gasteiger partial charge on any atom is 0.368 e. The Morgan fingerprint density at radius 1 is 0.833 bits per heavy atom. The van der Waals surface area contributed by atoms with Gasteiger partial charge in [-0.05, 0) is 44.8 Å². The molecule has 107 valence electrons. The lowest BCUT2D eigenvalue weighted by Gasteiger charge is -2.44. The number of hydrogen-bond donors (Lipinski definition) is 0. The first-order chi connectivity index (χ1) is 7.96. The average Bonchev–Trinajstić information content (AvgIpc) is 2.08. The van der Waals surface area contributed by atoms with Crippen LogP contribution in [0.25, 0.3) is 0 Å². The van der Waals surface area contributed by atoms with Gasteiger partial charge in [-0.15, -0.1) is 0 Å². The molecule has 18 heavy (non-hydrogen) atoms. The van der Waals surface area contributed by atoms with Gasteiger partial charge >= 0.3 is 35.0 Å². The Bertz CT molecular complexity index is 274. The van der Waals surface area contributed by atoms with Gasteiger partial charge in [-0.3, -0.25) is 0 Å². The minimum atomic E-state index is -2.13. The van der Waals surface area contributed by atoms with Gasteiger partial charge in [0.1, 0.15) is 0 Å². The fourth-order valence-electron chi connectivity index (χ4n) is 2.12. The SMILES string of the molecule is CCC(C)[Si]1O[Si](C)(C)O[Si](C)(C)O[Si](C)(C)O1. The molecule has 1 unspecified atom stereocenters. The van der Waals surface area contributed by atoms with E-state index in [1.54, 1.807) is 0 Å². The van der Waals surface area contributed by atoms with Crippen molar-refractivity contribution in [2.45, 2.75) is 65.1 Å². The molecule has 0 aromatic heterocycles. The molecule has 0 aliphatic carbocycles. The molecule has 0 saturated carbocycles. The molecule has 1 radical (unpaired) electrons. The lowest BCUT2D eigenvalue weighted by Crippen LogP contribution is -2.61. The third-order valence-electron chi connectivity index (χ3n) is 2.69. The molecule has 1 rings (SSSR count). The van der Waals surface area contributed by atoms with Gasteiger partial charge in [0.15, 0.2) is 0 Å². The molecule has 1 atom stereocenters. The summed E-state index contributed by atoms with van der Waals surface area (Å²) in [6, 6.07) is 0. The highest BCUT2D eigenvalue weighted by Crippen LogP contribution is 2.30. The van der Waals surface area contributed by atoms with Crippen LogP contribution in [0.2, 0.25) is 44.8 Å². The second kappa shape index (κ2) is 5.60. The molecule has 8 heteroatoms. The third kappa shape index (κ3) is 5.00. The lowest BCUT2D eigenvalue weighted by molar-refractivity contribution is 0.242. The monoisotopic (exact) mass is 323 g/mol. The van der Waals surface area contributed by atoms with E-state index in [0.717, 1.165) is 6.42 Å². The Morgan fingerprint density at radius 2 is 1.22 bits per heavy atom. The molecule has 0 spiro atoms. The zero-order chi connectivity index (χ0) is 14.2. The van der Waals surface area contributed by atoms with E-state index in [-0.39, 0.29) is 0 Å². The number of hydrogen-bond acceptors (Lipinski definition) is 4. The Hall–Kier alpha value is 0.708. The molecule has 1 aliphatic rings. The predicted octanol–water partition coefficient (Wildman–Crippen LogP) is 3.46. The van der Waals surface area contributed by atoms with Crippen LogP contribution in [-0.2, 0) is 16.5 Å². The molecule has 0 amide bonds. The minimum absolute atomic E-state index is 0.462. The Balaban J connectivity index is 2.94. The molecule has 0 aromatic carbocycles. The van der Waals surface area contributed by atoms with Crippen molar-refractivity contribution in [3.05, 3.63) is 0 Å². The zero-order valence-corrected chi connectivity index (χ0v) is 16.9. The maximum atomic E-state index is 6.29. The van der Waals surface area contributed by atoms with Crippen molar-refractivity contribution in [3.8, 4) is 0 Å². The van der Waals surface area contributed by atoms with Crippen LogP contribution in [0.1, 0.15) is 20.3 Å². The second-order valence-corrected chi connectivity index (χ2v) is 19.5. The van der Waals surface area contributed by atoms with E-state index in [1.807, 2.05) is 0 Å². The van der Waals surface area contributed by atoms with E-state index in [0.29, 0.717) is 5.54 Å². The van der Waals surface area contributed by atoms with Crippen molar-refractivity contribution in [1.82, 2.24) is 0 Å². The van der Waals surface area contributed by atoms with E-state index in [4.69, 9.17) is 16.5 Å². The molecule has 4 nitrogen and oxygen atoms in total. The van der Waals surface area contributed by atoms with E-state index in [2.05, 4.69) is 53.1 Å². The molecule has 1 saturated heterocycles. The first-order valence-corrected chi connectivity index (χ1v) is 16.5. The Morgan fingerprint density at radius 3 is 1.56 bits per heavy atom. The second-order valence-electron chi connectivity index (χ2n) is 6.24. The highest BCUT2D eigenvalue weighted by molar-refractivity contribution is 6.89. The molecule has 0 N–H and O–H groups in total. The summed E-state index contributed by atoms with van der Waals surface area (Å²) in [5.41, 5.74) is 0.462. The molecule has 0 bridgehead atoms. The largest absolute Gasteiger partial charge is 0.416 e. The quantitative estimate of drug-likeness (QED) is 0.729. The van der Waals surface area contributed by atoms with Gasteiger partial charge in [0.25, 0.3) is 0 Å². The summed E-state index contributed by atoms with van der Waals surface area (Å²) in [7, 11) is -7.70. The van der Waals surface area contributed by atoms with Crippen LogP contribution >= 0.6 is 0 Å². The first kappa shape index (κ1) is 16.8. The van der Waals surface area contributed by atoms with Gasteiger partial charge in [0, 0.05) is 0 Å². The summed E-state index contributed by atoms with van der Waals surface area (Å²) in [5, 5.41) is 0. The summed E-state index contributed by atoms with van der Waals surface area (Å²) in [5.74, 6) is 0. The molecule has 1 aliphatic heterocycles. The van der Waals surface area contributed by atoms with Crippen molar-refractivity contribution >= 4 is 35.0 Å². The van der Waals surface area contributed by atoms with E-state index < -0.39 is 35.0 Å². The van der Waals surface area contributed by atoms with E-state index >= 15 is 0 Å². The van der Waals surface area contributed by atoms with Gasteiger partial charge < -0.3 is 16.5 Å². The van der Waals surface area contributed by atoms with Crippen LogP contribution in [0.5, 0.6) is 0 Å². The van der Waals surface area contributed by atoms with Crippen molar-refractivity contribution in [1.29, 1.82) is 0 Å². The van der Waals surface area contributed by atoms with Crippen LogP contribution in [-0.4, -0.2) is 35.0 Å². The topological polar surface area (TPSA) is 36.9 Å². The van der Waals surface area contributed by atoms with Crippen molar-refractivity contribution in [2.75, 3.05) is 0 Å². The molecule has 1 fully saturated rings. The van der Waals surface area contributed by atoms with E-state index in [1.165, 1.54) is 0 Å². The smallest absolute Gasteiger partial charge is 0.368 e. The van der Waals surface area contributed by atoms with Crippen LogP contribution in [0.4, 0.5) is 0 Å². The summed E-state index contributed by atoms with van der Waals surface area (Å²) < 4.78 is 25.1. The van der Waals surface area contributed by atoms with E-state index in [9.17, 15) is 0 Å². The number of rotatable bonds is 2. The molecular formula is C10H27O4Si4. The fraction of sp³-hybridized carbons (Fsp3) is 1.00. The van der Waals surface area contributed by atoms with Crippen LogP contribution < -0.4 is 0 Å². The zero-order valence-electron chi connectivity index (χ0n) is 12.9. The predicted molar refractivity (Wildman–Crippen MR) is 82.3 cm³/mol. The first-order valence-electron chi connectivity index (χ1n) is 6.61. The summed E-state index contributed by atoms with van der Waals surface area (Å²) in [4.78, 5) is 0. The highest BCUT2D eigenvalue weighted by Gasteiger charge is 2.48. The molecular weight excluding hydrogens is 296 g/mol.